The van der Waals surface area contributed by atoms with Gasteiger partial charge in [0.15, 0.2) is 0 Å². The van der Waals surface area contributed by atoms with Crippen LogP contribution in [-0.4, -0.2) is 19.3 Å². The number of nitrogens with zero attached hydrogens (tertiary/aromatic N) is 1. The average Bonchev–Trinajstić information content (AvgIpc) is 2.26. The minimum Gasteiger partial charge on any atom is -0.207 e. The molecule has 0 amide bonds. The Morgan fingerprint density at radius 2 is 1.94 bits per heavy atom. The molecule has 1 heterocycles. The fourth-order valence-corrected chi connectivity index (χ4v) is 2.78. The predicted octanol–water partition coefficient (Wildman–Crippen LogP) is 1.90. The lowest BCUT2D eigenvalue weighted by Crippen LogP contribution is -2.32. The summed E-state index contributed by atoms with van der Waals surface area (Å²) in [5, 5.41) is 1.21. The maximum absolute atomic E-state index is 11.7. The summed E-state index contributed by atoms with van der Waals surface area (Å²) >= 11 is 0. The zero-order valence-electron chi connectivity index (χ0n) is 8.83. The normalized spacial score (nSPS) is 19.9. The van der Waals surface area contributed by atoms with Crippen molar-refractivity contribution in [1.82, 2.24) is 4.31 Å². The van der Waals surface area contributed by atoms with Gasteiger partial charge in [-0.1, -0.05) is 36.9 Å². The van der Waals surface area contributed by atoms with Crippen LogP contribution in [0.15, 0.2) is 54.0 Å². The molecular formula is C12H13NO2S. The third-order valence-electron chi connectivity index (χ3n) is 2.42. The lowest BCUT2D eigenvalue weighted by molar-refractivity contribution is 0.437. The van der Waals surface area contributed by atoms with E-state index in [1.165, 1.54) is 9.71 Å². The monoisotopic (exact) mass is 235 g/mol. The van der Waals surface area contributed by atoms with E-state index in [-0.39, 0.29) is 0 Å². The van der Waals surface area contributed by atoms with E-state index in [1.807, 2.05) is 30.3 Å². The van der Waals surface area contributed by atoms with Crippen LogP contribution in [0.3, 0.4) is 0 Å². The van der Waals surface area contributed by atoms with Gasteiger partial charge in [0.25, 0.3) is 0 Å². The predicted molar refractivity (Wildman–Crippen MR) is 64.1 cm³/mol. The lowest BCUT2D eigenvalue weighted by Gasteiger charge is -2.23. The van der Waals surface area contributed by atoms with Gasteiger partial charge in [-0.2, -0.15) is 4.31 Å². The molecule has 1 aliphatic heterocycles. The Morgan fingerprint density at radius 3 is 2.62 bits per heavy atom. The second kappa shape index (κ2) is 4.23. The minimum atomic E-state index is -3.26. The van der Waals surface area contributed by atoms with Gasteiger partial charge in [-0.25, -0.2) is 8.42 Å². The molecule has 2 rings (SSSR count). The van der Waals surface area contributed by atoms with Crippen LogP contribution in [0, 0.1) is 0 Å². The van der Waals surface area contributed by atoms with Crippen molar-refractivity contribution < 1.29 is 8.42 Å². The molecule has 0 saturated carbocycles. The smallest absolute Gasteiger partial charge is 0.207 e. The SMILES string of the molecule is C=C1C=CS(=O)(=O)N(Cc2ccccc2)C1. The van der Waals surface area contributed by atoms with Gasteiger partial charge in [-0.3, -0.25) is 0 Å². The minimum absolute atomic E-state index is 0.369. The third kappa shape index (κ3) is 2.40. The number of sulfonamides is 1. The van der Waals surface area contributed by atoms with E-state index in [9.17, 15) is 8.42 Å². The Bertz CT molecular complexity index is 517. The van der Waals surface area contributed by atoms with Gasteiger partial charge in [0.2, 0.25) is 10.0 Å². The first kappa shape index (κ1) is 11.1. The molecule has 0 aromatic heterocycles. The van der Waals surface area contributed by atoms with Crippen molar-refractivity contribution in [3.8, 4) is 0 Å². The molecule has 0 atom stereocenters. The first-order valence-corrected chi connectivity index (χ1v) is 6.48. The molecular weight excluding hydrogens is 222 g/mol. The van der Waals surface area contributed by atoms with Crippen molar-refractivity contribution >= 4 is 10.0 Å². The van der Waals surface area contributed by atoms with Crippen LogP contribution in [-0.2, 0) is 16.6 Å². The van der Waals surface area contributed by atoms with Crippen LogP contribution in [0.25, 0.3) is 0 Å². The number of hydrogen-bond donors (Lipinski definition) is 0. The summed E-state index contributed by atoms with van der Waals surface area (Å²) in [4.78, 5) is 0. The van der Waals surface area contributed by atoms with E-state index < -0.39 is 10.0 Å². The van der Waals surface area contributed by atoms with E-state index in [0.29, 0.717) is 13.1 Å². The molecule has 4 heteroatoms. The number of hydrogen-bond acceptors (Lipinski definition) is 2. The molecule has 84 valence electrons. The van der Waals surface area contributed by atoms with E-state index in [2.05, 4.69) is 6.58 Å². The fraction of sp³-hybridized carbons (Fsp3) is 0.167. The van der Waals surface area contributed by atoms with Crippen molar-refractivity contribution in [2.24, 2.45) is 0 Å². The molecule has 0 bridgehead atoms. The van der Waals surface area contributed by atoms with Gasteiger partial charge in [-0.15, -0.1) is 0 Å². The maximum Gasteiger partial charge on any atom is 0.236 e. The van der Waals surface area contributed by atoms with Crippen molar-refractivity contribution in [3.63, 3.8) is 0 Å². The van der Waals surface area contributed by atoms with Crippen molar-refractivity contribution in [3.05, 3.63) is 59.5 Å². The Labute approximate surface area is 95.8 Å². The van der Waals surface area contributed by atoms with Gasteiger partial charge in [0.05, 0.1) is 0 Å². The summed E-state index contributed by atoms with van der Waals surface area (Å²) in [5.74, 6) is 0. The Morgan fingerprint density at radius 1 is 1.25 bits per heavy atom. The largest absolute Gasteiger partial charge is 0.236 e. The Balaban J connectivity index is 2.22. The van der Waals surface area contributed by atoms with Crippen LogP contribution in [0.2, 0.25) is 0 Å². The molecule has 0 radical (unpaired) electrons. The standard InChI is InChI=1S/C12H13NO2S/c1-11-7-8-16(14,15)13(9-11)10-12-5-3-2-4-6-12/h2-8H,1,9-10H2. The highest BCUT2D eigenvalue weighted by atomic mass is 32.2. The molecule has 16 heavy (non-hydrogen) atoms. The van der Waals surface area contributed by atoms with Gasteiger partial charge < -0.3 is 0 Å². The third-order valence-corrected chi connectivity index (χ3v) is 3.87. The highest BCUT2D eigenvalue weighted by molar-refractivity contribution is 7.92. The van der Waals surface area contributed by atoms with Crippen molar-refractivity contribution in [1.29, 1.82) is 0 Å². The molecule has 0 saturated heterocycles. The molecule has 1 aliphatic rings. The molecule has 0 unspecified atom stereocenters. The Kier molecular flexibility index (Phi) is 2.94. The van der Waals surface area contributed by atoms with Crippen molar-refractivity contribution in [2.75, 3.05) is 6.54 Å². The second-order valence-corrected chi connectivity index (χ2v) is 5.58. The highest BCUT2D eigenvalue weighted by Gasteiger charge is 2.23. The average molecular weight is 235 g/mol. The van der Waals surface area contributed by atoms with Gasteiger partial charge >= 0.3 is 0 Å². The van der Waals surface area contributed by atoms with Gasteiger partial charge in [0.1, 0.15) is 0 Å². The summed E-state index contributed by atoms with van der Waals surface area (Å²) in [5.41, 5.74) is 1.79. The van der Waals surface area contributed by atoms with Gasteiger partial charge in [-0.05, 0) is 17.2 Å². The van der Waals surface area contributed by atoms with E-state index in [0.717, 1.165) is 11.1 Å². The van der Waals surface area contributed by atoms with Crippen LogP contribution >= 0.6 is 0 Å². The van der Waals surface area contributed by atoms with Crippen LogP contribution in [0.4, 0.5) is 0 Å². The van der Waals surface area contributed by atoms with E-state index >= 15 is 0 Å². The molecule has 1 aromatic rings. The summed E-state index contributed by atoms with van der Waals surface area (Å²) in [7, 11) is -3.26. The molecule has 3 nitrogen and oxygen atoms in total. The van der Waals surface area contributed by atoms with Gasteiger partial charge in [0, 0.05) is 18.5 Å². The summed E-state index contributed by atoms with van der Waals surface area (Å²) in [6.07, 6.45) is 1.55. The fourth-order valence-electron chi connectivity index (χ4n) is 1.57. The first-order valence-electron chi connectivity index (χ1n) is 4.98. The lowest BCUT2D eigenvalue weighted by atomic mass is 10.2. The van der Waals surface area contributed by atoms with Crippen LogP contribution in [0.1, 0.15) is 5.56 Å². The highest BCUT2D eigenvalue weighted by Crippen LogP contribution is 2.17. The number of benzene rings is 1. The maximum atomic E-state index is 11.7. The molecule has 0 aliphatic carbocycles. The Hall–Kier alpha value is -1.39. The first-order chi connectivity index (χ1) is 7.58. The summed E-state index contributed by atoms with van der Waals surface area (Å²) < 4.78 is 24.9. The quantitative estimate of drug-likeness (QED) is 0.785. The summed E-state index contributed by atoms with van der Waals surface area (Å²) in [6, 6.07) is 9.54. The van der Waals surface area contributed by atoms with E-state index in [4.69, 9.17) is 0 Å². The molecule has 0 fully saturated rings. The number of rotatable bonds is 2. The topological polar surface area (TPSA) is 37.4 Å². The zero-order chi connectivity index (χ0) is 11.6. The molecule has 0 spiro atoms. The van der Waals surface area contributed by atoms with E-state index in [1.54, 1.807) is 6.08 Å². The molecule has 0 N–H and O–H groups in total. The van der Waals surface area contributed by atoms with Crippen molar-refractivity contribution in [2.45, 2.75) is 6.54 Å². The van der Waals surface area contributed by atoms with Crippen LogP contribution < -0.4 is 0 Å². The van der Waals surface area contributed by atoms with Crippen LogP contribution in [0.5, 0.6) is 0 Å². The molecule has 1 aromatic carbocycles. The summed E-state index contributed by atoms with van der Waals surface area (Å²) in [6.45, 7) is 4.54. The second-order valence-electron chi connectivity index (χ2n) is 3.76. The zero-order valence-corrected chi connectivity index (χ0v) is 9.65.